The number of aryl methyl sites for hydroxylation is 1. The highest BCUT2D eigenvalue weighted by Crippen LogP contribution is 2.37. The van der Waals surface area contributed by atoms with Crippen LogP contribution in [0.1, 0.15) is 84.3 Å². The van der Waals surface area contributed by atoms with Gasteiger partial charge in [-0.05, 0) is 64.7 Å². The van der Waals surface area contributed by atoms with Gasteiger partial charge in [0.15, 0.2) is 0 Å². The van der Waals surface area contributed by atoms with E-state index in [-0.39, 0.29) is 32.2 Å². The number of hydrogen-bond donors (Lipinski definition) is 1. The number of carbonyl (C=O) groups excluding carboxylic acids is 1. The van der Waals surface area contributed by atoms with Gasteiger partial charge in [-0.1, -0.05) is 38.7 Å². The number of rotatable bonds is 15. The van der Waals surface area contributed by atoms with E-state index >= 15 is 0 Å². The number of nitrogens with one attached hydrogen (secondary N) is 1. The van der Waals surface area contributed by atoms with E-state index in [9.17, 15) is 18.0 Å². The molecule has 0 fully saturated rings. The molecule has 0 aromatic heterocycles. The molecule has 9 heteroatoms. The second kappa shape index (κ2) is 14.5. The predicted molar refractivity (Wildman–Crippen MR) is 130 cm³/mol. The summed E-state index contributed by atoms with van der Waals surface area (Å²) in [5.74, 6) is -0.158. The Morgan fingerprint density at radius 1 is 1.03 bits per heavy atom. The van der Waals surface area contributed by atoms with Crippen molar-refractivity contribution < 1.29 is 36.9 Å². The molecular weight excluding hydrogens is 463 g/mol. The Morgan fingerprint density at radius 2 is 1.71 bits per heavy atom. The first-order valence-electron chi connectivity index (χ1n) is 12.2. The zero-order valence-electron chi connectivity index (χ0n) is 22.0. The van der Waals surface area contributed by atoms with Crippen LogP contribution in [0.25, 0.3) is 0 Å². The Bertz CT molecular complexity index is 764. The number of methoxy groups -OCH3 is 1. The Morgan fingerprint density at radius 3 is 2.31 bits per heavy atom. The van der Waals surface area contributed by atoms with Crippen molar-refractivity contribution in [1.29, 1.82) is 0 Å². The molecule has 1 aromatic rings. The van der Waals surface area contributed by atoms with Crippen LogP contribution in [0.3, 0.4) is 0 Å². The van der Waals surface area contributed by atoms with Crippen molar-refractivity contribution in [2.45, 2.75) is 96.9 Å². The van der Waals surface area contributed by atoms with Crippen LogP contribution in [-0.4, -0.2) is 44.3 Å². The van der Waals surface area contributed by atoms with Gasteiger partial charge in [0, 0.05) is 7.11 Å². The van der Waals surface area contributed by atoms with E-state index in [0.717, 1.165) is 38.2 Å². The number of halogens is 3. The molecule has 0 bridgehead atoms. The SMILES string of the molecule is CCCCCCCOc1ccc(CCC(C)(COCOC)NC(=O)OC(C)(C)C)cc1C(F)(F)F. The molecule has 202 valence electrons. The average Bonchev–Trinajstić information content (AvgIpc) is 2.73. The van der Waals surface area contributed by atoms with Crippen LogP contribution < -0.4 is 10.1 Å². The molecule has 0 saturated heterocycles. The highest BCUT2D eigenvalue weighted by molar-refractivity contribution is 5.68. The molecule has 35 heavy (non-hydrogen) atoms. The first-order chi connectivity index (χ1) is 16.3. The van der Waals surface area contributed by atoms with Crippen LogP contribution in [0.2, 0.25) is 0 Å². The van der Waals surface area contributed by atoms with Crippen LogP contribution in [0.4, 0.5) is 18.0 Å². The van der Waals surface area contributed by atoms with Crippen LogP contribution in [0.15, 0.2) is 18.2 Å². The summed E-state index contributed by atoms with van der Waals surface area (Å²) in [6.45, 7) is 9.49. The number of alkyl halides is 3. The monoisotopic (exact) mass is 505 g/mol. The van der Waals surface area contributed by atoms with Gasteiger partial charge in [-0.25, -0.2) is 4.79 Å². The summed E-state index contributed by atoms with van der Waals surface area (Å²) in [4.78, 5) is 12.3. The minimum Gasteiger partial charge on any atom is -0.493 e. The van der Waals surface area contributed by atoms with Crippen LogP contribution in [-0.2, 0) is 26.8 Å². The summed E-state index contributed by atoms with van der Waals surface area (Å²) >= 11 is 0. The molecule has 1 aromatic carbocycles. The first kappa shape index (κ1) is 31.0. The van der Waals surface area contributed by atoms with E-state index in [1.165, 1.54) is 13.2 Å². The topological polar surface area (TPSA) is 66.0 Å². The summed E-state index contributed by atoms with van der Waals surface area (Å²) in [6.07, 6.45) is 0.360. The van der Waals surface area contributed by atoms with Crippen molar-refractivity contribution in [3.8, 4) is 5.75 Å². The molecule has 1 unspecified atom stereocenters. The zero-order chi connectivity index (χ0) is 26.5. The Kier molecular flexibility index (Phi) is 12.9. The molecule has 0 aliphatic heterocycles. The largest absolute Gasteiger partial charge is 0.493 e. The fourth-order valence-electron chi connectivity index (χ4n) is 3.46. The number of hydrogen-bond acceptors (Lipinski definition) is 5. The van der Waals surface area contributed by atoms with Gasteiger partial charge in [0.25, 0.3) is 0 Å². The molecule has 1 amide bonds. The number of ether oxygens (including phenoxy) is 4. The molecule has 1 rings (SSSR count). The number of unbranched alkanes of at least 4 members (excludes halogenated alkanes) is 4. The maximum atomic E-state index is 13.7. The fourth-order valence-corrected chi connectivity index (χ4v) is 3.46. The second-order valence-corrected chi connectivity index (χ2v) is 10.0. The number of alkyl carbamates (subject to hydrolysis) is 1. The summed E-state index contributed by atoms with van der Waals surface area (Å²) in [5.41, 5.74) is -1.88. The van der Waals surface area contributed by atoms with Crippen molar-refractivity contribution in [1.82, 2.24) is 5.32 Å². The van der Waals surface area contributed by atoms with Crippen LogP contribution in [0.5, 0.6) is 5.75 Å². The molecule has 1 atom stereocenters. The minimum absolute atomic E-state index is 0.0221. The first-order valence-corrected chi connectivity index (χ1v) is 12.2. The minimum atomic E-state index is -4.53. The van der Waals surface area contributed by atoms with Crippen molar-refractivity contribution in [2.24, 2.45) is 0 Å². The zero-order valence-corrected chi connectivity index (χ0v) is 22.0. The van der Waals surface area contributed by atoms with E-state index < -0.39 is 29.0 Å². The van der Waals surface area contributed by atoms with Gasteiger partial charge in [0.05, 0.1) is 24.3 Å². The quantitative estimate of drug-likeness (QED) is 0.208. The van der Waals surface area contributed by atoms with Gasteiger partial charge in [-0.2, -0.15) is 13.2 Å². The van der Waals surface area contributed by atoms with E-state index in [0.29, 0.717) is 12.0 Å². The van der Waals surface area contributed by atoms with Crippen molar-refractivity contribution in [3.05, 3.63) is 29.3 Å². The third kappa shape index (κ3) is 13.0. The number of benzene rings is 1. The van der Waals surface area contributed by atoms with E-state index in [1.54, 1.807) is 33.8 Å². The Balaban J connectivity index is 2.90. The maximum absolute atomic E-state index is 13.7. The third-order valence-electron chi connectivity index (χ3n) is 5.24. The Labute approximate surface area is 207 Å². The highest BCUT2D eigenvalue weighted by Gasteiger charge is 2.35. The molecule has 0 heterocycles. The van der Waals surface area contributed by atoms with Crippen molar-refractivity contribution in [3.63, 3.8) is 0 Å². The molecule has 1 N–H and O–H groups in total. The molecule has 0 radical (unpaired) electrons. The molecule has 0 saturated carbocycles. The standard InChI is InChI=1S/C26H42F3NO5/c1-7-8-9-10-11-16-34-22-13-12-20(17-21(22)26(27,28)29)14-15-25(5,18-33-19-32-6)30-23(31)35-24(2,3)4/h12-13,17H,7-11,14-16,18-19H2,1-6H3,(H,30,31). The van der Waals surface area contributed by atoms with Crippen molar-refractivity contribution in [2.75, 3.05) is 27.1 Å². The second-order valence-electron chi connectivity index (χ2n) is 10.0. The fraction of sp³-hybridized carbons (Fsp3) is 0.731. The maximum Gasteiger partial charge on any atom is 0.419 e. The lowest BCUT2D eigenvalue weighted by atomic mass is 9.93. The van der Waals surface area contributed by atoms with Gasteiger partial charge >= 0.3 is 12.3 Å². The summed E-state index contributed by atoms with van der Waals surface area (Å²) in [7, 11) is 1.48. The predicted octanol–water partition coefficient (Wildman–Crippen LogP) is 6.89. The van der Waals surface area contributed by atoms with E-state index in [4.69, 9.17) is 18.9 Å². The summed E-state index contributed by atoms with van der Waals surface area (Å²) in [5, 5.41) is 2.80. The number of amides is 1. The Hall–Kier alpha value is -2.00. The highest BCUT2D eigenvalue weighted by atomic mass is 19.4. The lowest BCUT2D eigenvalue weighted by molar-refractivity contribution is -0.139. The van der Waals surface area contributed by atoms with E-state index in [2.05, 4.69) is 12.2 Å². The van der Waals surface area contributed by atoms with Crippen LogP contribution in [0, 0.1) is 0 Å². The van der Waals surface area contributed by atoms with Gasteiger partial charge < -0.3 is 24.3 Å². The van der Waals surface area contributed by atoms with Gasteiger partial charge in [0.2, 0.25) is 0 Å². The van der Waals surface area contributed by atoms with Gasteiger partial charge in [-0.3, -0.25) is 0 Å². The van der Waals surface area contributed by atoms with Crippen molar-refractivity contribution >= 4 is 6.09 Å². The lowest BCUT2D eigenvalue weighted by Gasteiger charge is -2.32. The van der Waals surface area contributed by atoms with E-state index in [1.807, 2.05) is 0 Å². The molecule has 0 spiro atoms. The number of carbonyl (C=O) groups is 1. The van der Waals surface area contributed by atoms with Gasteiger partial charge in [-0.15, -0.1) is 0 Å². The van der Waals surface area contributed by atoms with Crippen LogP contribution >= 0.6 is 0 Å². The molecule has 0 aliphatic rings. The summed E-state index contributed by atoms with van der Waals surface area (Å²) in [6, 6.07) is 4.13. The molecule has 0 aliphatic carbocycles. The summed E-state index contributed by atoms with van der Waals surface area (Å²) < 4.78 is 62.4. The molecule has 6 nitrogen and oxygen atoms in total. The third-order valence-corrected chi connectivity index (χ3v) is 5.24. The van der Waals surface area contributed by atoms with Gasteiger partial charge in [0.1, 0.15) is 18.1 Å². The lowest BCUT2D eigenvalue weighted by Crippen LogP contribution is -2.51. The average molecular weight is 506 g/mol. The smallest absolute Gasteiger partial charge is 0.419 e. The molecular formula is C26H42F3NO5. The normalized spacial score (nSPS) is 13.9.